The minimum atomic E-state index is -1.26. The summed E-state index contributed by atoms with van der Waals surface area (Å²) in [5.74, 6) is -0.643. The maximum Gasteiger partial charge on any atom is 0.328 e. The van der Waals surface area contributed by atoms with Crippen molar-refractivity contribution in [1.82, 2.24) is 14.9 Å². The molecule has 1 aromatic carbocycles. The third-order valence-electron chi connectivity index (χ3n) is 6.12. The van der Waals surface area contributed by atoms with Crippen molar-refractivity contribution in [2.45, 2.75) is 22.5 Å². The monoisotopic (exact) mass is 554 g/mol. The molecule has 2 aliphatic heterocycles. The smallest absolute Gasteiger partial charge is 0.328 e. The van der Waals surface area contributed by atoms with Crippen molar-refractivity contribution >= 4 is 41.0 Å². The van der Waals surface area contributed by atoms with Gasteiger partial charge in [-0.25, -0.2) is 19.6 Å². The van der Waals surface area contributed by atoms with Crippen LogP contribution < -0.4 is 4.90 Å². The Morgan fingerprint density at radius 1 is 0.974 bits per heavy atom. The average Bonchev–Trinajstić information content (AvgIpc) is 3.35. The second-order valence-electron chi connectivity index (χ2n) is 8.64. The lowest BCUT2D eigenvalue weighted by Gasteiger charge is -2.34. The molecule has 0 radical (unpaired) electrons. The lowest BCUT2D eigenvalue weighted by molar-refractivity contribution is -0.134. The van der Waals surface area contributed by atoms with Gasteiger partial charge in [-0.2, -0.15) is 0 Å². The minimum absolute atomic E-state index is 0.0597. The molecule has 0 aliphatic carbocycles. The molecule has 200 valence electrons. The van der Waals surface area contributed by atoms with Gasteiger partial charge in [0.15, 0.2) is 0 Å². The summed E-state index contributed by atoms with van der Waals surface area (Å²) in [7, 11) is 0. The van der Waals surface area contributed by atoms with Crippen LogP contribution in [0.25, 0.3) is 0 Å². The van der Waals surface area contributed by atoms with Crippen LogP contribution in [0.3, 0.4) is 0 Å². The van der Waals surface area contributed by atoms with Crippen molar-refractivity contribution in [2.75, 3.05) is 44.2 Å². The molecule has 1 fully saturated rings. The predicted molar refractivity (Wildman–Crippen MR) is 148 cm³/mol. The number of fused-ring (bicyclic) bond motifs is 2. The quantitative estimate of drug-likeness (QED) is 0.310. The zero-order chi connectivity index (χ0) is 26.7. The van der Waals surface area contributed by atoms with Gasteiger partial charge >= 0.3 is 11.9 Å². The number of carboxylic acids is 2. The largest absolute Gasteiger partial charge is 0.478 e. The van der Waals surface area contributed by atoms with E-state index in [1.54, 1.807) is 0 Å². The molecule has 0 amide bonds. The number of carboxylic acid groups (broad SMARTS) is 2. The second kappa shape index (κ2) is 14.1. The molecule has 0 spiro atoms. The minimum Gasteiger partial charge on any atom is -0.478 e. The van der Waals surface area contributed by atoms with Crippen LogP contribution in [0.5, 0.6) is 0 Å². The summed E-state index contributed by atoms with van der Waals surface area (Å²) >= 11 is 3.77. The molecule has 1 unspecified atom stereocenters. The highest BCUT2D eigenvalue weighted by molar-refractivity contribution is 8.00. The number of aliphatic carboxylic acids is 2. The number of thioether (sulfide) groups is 1. The number of piperazine rings is 1. The van der Waals surface area contributed by atoms with E-state index in [-0.39, 0.29) is 6.10 Å². The Hall–Kier alpha value is -3.25. The number of aromatic nitrogens is 2. The van der Waals surface area contributed by atoms with Gasteiger partial charge in [-0.15, -0.1) is 23.1 Å². The molecule has 0 bridgehead atoms. The summed E-state index contributed by atoms with van der Waals surface area (Å²) in [6, 6.07) is 12.8. The van der Waals surface area contributed by atoms with E-state index >= 15 is 0 Å². The normalized spacial score (nSPS) is 17.2. The average molecular weight is 555 g/mol. The van der Waals surface area contributed by atoms with E-state index in [0.717, 1.165) is 57.5 Å². The van der Waals surface area contributed by atoms with Crippen molar-refractivity contribution in [3.05, 3.63) is 83.0 Å². The highest BCUT2D eigenvalue weighted by Crippen LogP contribution is 2.43. The molecular formula is C27H30N4O5S2. The van der Waals surface area contributed by atoms with Gasteiger partial charge in [0.2, 0.25) is 5.95 Å². The highest BCUT2D eigenvalue weighted by Gasteiger charge is 2.25. The van der Waals surface area contributed by atoms with Crippen LogP contribution in [0.2, 0.25) is 0 Å². The molecule has 0 saturated carbocycles. The summed E-state index contributed by atoms with van der Waals surface area (Å²) < 4.78 is 7.89. The molecule has 5 rings (SSSR count). The van der Waals surface area contributed by atoms with E-state index in [0.29, 0.717) is 12.2 Å². The van der Waals surface area contributed by atoms with Gasteiger partial charge in [0.1, 0.15) is 6.10 Å². The highest BCUT2D eigenvalue weighted by atomic mass is 32.2. The molecule has 2 aromatic heterocycles. The number of ether oxygens (including phenoxy) is 1. The summed E-state index contributed by atoms with van der Waals surface area (Å²) in [4.78, 5) is 32.6. The SMILES string of the molecule is O=C(O)/C=C/C(=O)O.c1cnc(N2CCN(CCCOC3c4ccccc4CSc4sccc43)CC2)nc1. The lowest BCUT2D eigenvalue weighted by atomic mass is 9.99. The maximum atomic E-state index is 9.55. The predicted octanol–water partition coefficient (Wildman–Crippen LogP) is 4.17. The van der Waals surface area contributed by atoms with Crippen molar-refractivity contribution in [2.24, 2.45) is 0 Å². The van der Waals surface area contributed by atoms with Crippen molar-refractivity contribution in [3.8, 4) is 0 Å². The van der Waals surface area contributed by atoms with E-state index in [2.05, 4.69) is 55.5 Å². The van der Waals surface area contributed by atoms with Crippen LogP contribution in [0.15, 0.2) is 70.5 Å². The fourth-order valence-electron chi connectivity index (χ4n) is 4.29. The van der Waals surface area contributed by atoms with Crippen LogP contribution in [-0.2, 0) is 20.1 Å². The van der Waals surface area contributed by atoms with Gasteiger partial charge in [-0.1, -0.05) is 24.3 Å². The third kappa shape index (κ3) is 7.87. The first-order chi connectivity index (χ1) is 18.5. The van der Waals surface area contributed by atoms with Gasteiger partial charge < -0.3 is 19.8 Å². The third-order valence-corrected chi connectivity index (χ3v) is 8.43. The molecule has 2 N–H and O–H groups in total. The fourth-order valence-corrected chi connectivity index (χ4v) is 6.44. The molecule has 11 heteroatoms. The van der Waals surface area contributed by atoms with Gasteiger partial charge in [0.05, 0.1) is 4.21 Å². The van der Waals surface area contributed by atoms with Crippen LogP contribution in [0.4, 0.5) is 5.95 Å². The number of thiophene rings is 1. The van der Waals surface area contributed by atoms with Gasteiger partial charge in [-0.3, -0.25) is 4.90 Å². The molecule has 2 aliphatic rings. The molecule has 4 heterocycles. The number of nitrogens with zero attached hydrogens (tertiary/aromatic N) is 4. The molecule has 1 saturated heterocycles. The molecule has 38 heavy (non-hydrogen) atoms. The molecular weight excluding hydrogens is 524 g/mol. The van der Waals surface area contributed by atoms with Crippen molar-refractivity contribution < 1.29 is 24.5 Å². The van der Waals surface area contributed by atoms with E-state index in [9.17, 15) is 9.59 Å². The van der Waals surface area contributed by atoms with Crippen molar-refractivity contribution in [1.29, 1.82) is 0 Å². The van der Waals surface area contributed by atoms with Gasteiger partial charge in [-0.05, 0) is 35.1 Å². The summed E-state index contributed by atoms with van der Waals surface area (Å²) in [5, 5.41) is 17.8. The molecule has 3 aromatic rings. The summed E-state index contributed by atoms with van der Waals surface area (Å²) in [6.45, 7) is 5.92. The van der Waals surface area contributed by atoms with Gasteiger partial charge in [0, 0.05) is 75.2 Å². The van der Waals surface area contributed by atoms with Crippen LogP contribution in [0.1, 0.15) is 29.2 Å². The van der Waals surface area contributed by atoms with Gasteiger partial charge in [0.25, 0.3) is 0 Å². The Bertz CT molecular complexity index is 1210. The zero-order valence-electron chi connectivity index (χ0n) is 20.8. The van der Waals surface area contributed by atoms with Crippen LogP contribution in [-0.4, -0.2) is 76.4 Å². The Morgan fingerprint density at radius 3 is 2.39 bits per heavy atom. The molecule has 9 nitrogen and oxygen atoms in total. The number of anilines is 1. The van der Waals surface area contributed by atoms with E-state index in [1.165, 1.54) is 20.9 Å². The fraction of sp³-hybridized carbons (Fsp3) is 0.333. The van der Waals surface area contributed by atoms with Crippen molar-refractivity contribution in [3.63, 3.8) is 0 Å². The van der Waals surface area contributed by atoms with Crippen LogP contribution >= 0.6 is 23.1 Å². The first kappa shape index (κ1) is 27.8. The Balaban J connectivity index is 0.000000368. The summed E-state index contributed by atoms with van der Waals surface area (Å²) in [5.41, 5.74) is 4.07. The standard InChI is InChI=1S/C23H26N4OS2.C4H4O4/c1-2-6-19-18(5-1)17-30-22-20(7-16-29-22)21(19)28-15-4-10-26-11-13-27(14-12-26)23-24-8-3-9-25-23;5-3(6)1-2-4(7)8/h1-3,5-9,16,21H,4,10-15,17H2;1-2H,(H,5,6)(H,7,8)/b;2-1+. The first-order valence-electron chi connectivity index (χ1n) is 12.3. The van der Waals surface area contributed by atoms with E-state index in [1.807, 2.05) is 41.6 Å². The lowest BCUT2D eigenvalue weighted by Crippen LogP contribution is -2.47. The zero-order valence-corrected chi connectivity index (χ0v) is 22.4. The maximum absolute atomic E-state index is 9.55. The number of hydrogen-bond donors (Lipinski definition) is 2. The number of hydrogen-bond acceptors (Lipinski definition) is 9. The number of carbonyl (C=O) groups is 2. The second-order valence-corrected chi connectivity index (χ2v) is 10.8. The Labute approximate surface area is 229 Å². The Morgan fingerprint density at radius 2 is 1.68 bits per heavy atom. The molecule has 1 atom stereocenters. The first-order valence-corrected chi connectivity index (χ1v) is 14.2. The van der Waals surface area contributed by atoms with E-state index < -0.39 is 11.9 Å². The number of rotatable bonds is 8. The van der Waals surface area contributed by atoms with E-state index in [4.69, 9.17) is 14.9 Å². The van der Waals surface area contributed by atoms with Crippen LogP contribution in [0, 0.1) is 0 Å². The number of benzene rings is 1. The topological polar surface area (TPSA) is 116 Å². The Kier molecular flexibility index (Phi) is 10.3. The summed E-state index contributed by atoms with van der Waals surface area (Å²) in [6.07, 6.45) is 5.85.